The summed E-state index contributed by atoms with van der Waals surface area (Å²) in [6.45, 7) is 7.63. The van der Waals surface area contributed by atoms with E-state index >= 15 is 0 Å². The molecular formula is C21H24N4O2. The molecule has 6 nitrogen and oxygen atoms in total. The predicted octanol–water partition coefficient (Wildman–Crippen LogP) is 2.29. The molecule has 6 heteroatoms. The van der Waals surface area contributed by atoms with Gasteiger partial charge in [-0.3, -0.25) is 14.0 Å². The molecule has 0 atom stereocenters. The van der Waals surface area contributed by atoms with E-state index in [9.17, 15) is 9.59 Å². The first-order chi connectivity index (χ1) is 13.0. The largest absolute Gasteiger partial charge is 0.351 e. The normalized spacial score (nSPS) is 14.9. The van der Waals surface area contributed by atoms with E-state index in [0.29, 0.717) is 28.7 Å². The molecule has 1 amide bonds. The van der Waals surface area contributed by atoms with Gasteiger partial charge in [-0.1, -0.05) is 0 Å². The van der Waals surface area contributed by atoms with Gasteiger partial charge >= 0.3 is 0 Å². The van der Waals surface area contributed by atoms with Crippen molar-refractivity contribution in [1.29, 1.82) is 0 Å². The number of carbonyl (C=O) groups is 1. The van der Waals surface area contributed by atoms with Crippen LogP contribution in [0, 0.1) is 13.8 Å². The highest BCUT2D eigenvalue weighted by Gasteiger charge is 2.16. The van der Waals surface area contributed by atoms with Crippen LogP contribution in [0.1, 0.15) is 34.3 Å². The van der Waals surface area contributed by atoms with Gasteiger partial charge in [-0.2, -0.15) is 0 Å². The van der Waals surface area contributed by atoms with E-state index in [1.807, 2.05) is 26.0 Å². The fourth-order valence-corrected chi connectivity index (χ4v) is 3.69. The van der Waals surface area contributed by atoms with E-state index in [-0.39, 0.29) is 11.5 Å². The van der Waals surface area contributed by atoms with Crippen molar-refractivity contribution in [2.75, 3.05) is 26.2 Å². The average molecular weight is 364 g/mol. The second-order valence-corrected chi connectivity index (χ2v) is 7.29. The molecule has 1 aliphatic rings. The Hall–Kier alpha value is -2.73. The lowest BCUT2D eigenvalue weighted by Gasteiger charge is -2.15. The first-order valence-electron chi connectivity index (χ1n) is 9.47. The molecule has 27 heavy (non-hydrogen) atoms. The topological polar surface area (TPSA) is 66.7 Å². The monoisotopic (exact) mass is 364 g/mol. The molecule has 140 valence electrons. The highest BCUT2D eigenvalue weighted by atomic mass is 16.2. The number of nitrogens with one attached hydrogen (secondary N) is 1. The zero-order valence-electron chi connectivity index (χ0n) is 15.8. The number of amides is 1. The molecule has 0 saturated carbocycles. The number of aromatic nitrogens is 2. The van der Waals surface area contributed by atoms with Crippen LogP contribution in [-0.4, -0.2) is 46.4 Å². The Morgan fingerprint density at radius 1 is 1.19 bits per heavy atom. The van der Waals surface area contributed by atoms with Crippen LogP contribution < -0.4 is 10.9 Å². The molecule has 1 saturated heterocycles. The molecule has 1 aliphatic heterocycles. The third-order valence-corrected chi connectivity index (χ3v) is 5.41. The van der Waals surface area contributed by atoms with Gasteiger partial charge < -0.3 is 10.2 Å². The molecule has 1 fully saturated rings. The van der Waals surface area contributed by atoms with Crippen LogP contribution in [0.4, 0.5) is 0 Å². The highest BCUT2D eigenvalue weighted by Crippen LogP contribution is 2.17. The lowest BCUT2D eigenvalue weighted by Crippen LogP contribution is -2.34. The van der Waals surface area contributed by atoms with Crippen molar-refractivity contribution in [3.05, 3.63) is 57.5 Å². The molecule has 2 aromatic heterocycles. The van der Waals surface area contributed by atoms with Crippen LogP contribution >= 0.6 is 0 Å². The molecule has 3 heterocycles. The quantitative estimate of drug-likeness (QED) is 0.722. The number of benzene rings is 1. The van der Waals surface area contributed by atoms with Crippen LogP contribution in [0.2, 0.25) is 0 Å². The molecule has 4 rings (SSSR count). The second kappa shape index (κ2) is 7.12. The van der Waals surface area contributed by atoms with Gasteiger partial charge in [0.2, 0.25) is 0 Å². The molecular weight excluding hydrogens is 340 g/mol. The van der Waals surface area contributed by atoms with E-state index in [4.69, 9.17) is 0 Å². The fraction of sp³-hybridized carbons (Fsp3) is 0.381. The van der Waals surface area contributed by atoms with Gasteiger partial charge in [0, 0.05) is 19.3 Å². The zero-order valence-corrected chi connectivity index (χ0v) is 15.8. The molecule has 1 aromatic carbocycles. The van der Waals surface area contributed by atoms with Crippen LogP contribution in [0.15, 0.2) is 35.3 Å². The molecule has 0 bridgehead atoms. The minimum absolute atomic E-state index is 0.148. The number of fused-ring (bicyclic) bond motifs is 2. The average Bonchev–Trinajstić information content (AvgIpc) is 3.17. The van der Waals surface area contributed by atoms with Gasteiger partial charge in [0.25, 0.3) is 11.5 Å². The number of aryl methyl sites for hydroxylation is 2. The first kappa shape index (κ1) is 17.7. The van der Waals surface area contributed by atoms with Crippen molar-refractivity contribution >= 4 is 22.5 Å². The van der Waals surface area contributed by atoms with Gasteiger partial charge in [-0.25, -0.2) is 4.98 Å². The van der Waals surface area contributed by atoms with Gasteiger partial charge in [-0.15, -0.1) is 0 Å². The minimum Gasteiger partial charge on any atom is -0.351 e. The summed E-state index contributed by atoms with van der Waals surface area (Å²) >= 11 is 0. The van der Waals surface area contributed by atoms with Crippen molar-refractivity contribution < 1.29 is 4.79 Å². The maximum atomic E-state index is 12.9. The fourth-order valence-electron chi connectivity index (χ4n) is 3.69. The Morgan fingerprint density at radius 2 is 1.93 bits per heavy atom. The van der Waals surface area contributed by atoms with Crippen molar-refractivity contribution in [2.45, 2.75) is 26.7 Å². The Bertz CT molecular complexity index is 1080. The summed E-state index contributed by atoms with van der Waals surface area (Å²) in [5, 5.41) is 3.54. The van der Waals surface area contributed by atoms with Crippen molar-refractivity contribution in [3.8, 4) is 0 Å². The van der Waals surface area contributed by atoms with E-state index in [0.717, 1.165) is 30.8 Å². The number of pyridine rings is 1. The Labute approximate surface area is 157 Å². The number of carbonyl (C=O) groups excluding carboxylic acids is 1. The van der Waals surface area contributed by atoms with Crippen LogP contribution in [0.5, 0.6) is 0 Å². The maximum absolute atomic E-state index is 12.9. The Morgan fingerprint density at radius 3 is 2.70 bits per heavy atom. The van der Waals surface area contributed by atoms with Crippen LogP contribution in [0.25, 0.3) is 16.6 Å². The number of hydrogen-bond donors (Lipinski definition) is 1. The summed E-state index contributed by atoms with van der Waals surface area (Å²) in [5.74, 6) is -0.192. The van der Waals surface area contributed by atoms with Crippen molar-refractivity contribution in [3.63, 3.8) is 0 Å². The van der Waals surface area contributed by atoms with Gasteiger partial charge in [0.1, 0.15) is 0 Å². The van der Waals surface area contributed by atoms with Gasteiger partial charge in [0.15, 0.2) is 5.65 Å². The Balaban J connectivity index is 1.69. The third-order valence-electron chi connectivity index (χ3n) is 5.41. The molecule has 1 N–H and O–H groups in total. The summed E-state index contributed by atoms with van der Waals surface area (Å²) in [6, 6.07) is 7.22. The summed E-state index contributed by atoms with van der Waals surface area (Å²) in [5.41, 5.74) is 3.43. The zero-order chi connectivity index (χ0) is 19.0. The predicted molar refractivity (Wildman–Crippen MR) is 106 cm³/mol. The number of rotatable bonds is 4. The number of likely N-dealkylation sites (tertiary alicyclic amines) is 1. The minimum atomic E-state index is -0.192. The first-order valence-corrected chi connectivity index (χ1v) is 9.47. The van der Waals surface area contributed by atoms with E-state index in [1.165, 1.54) is 17.2 Å². The lowest BCUT2D eigenvalue weighted by molar-refractivity contribution is 0.0951. The van der Waals surface area contributed by atoms with E-state index in [1.54, 1.807) is 18.3 Å². The Kier molecular flexibility index (Phi) is 4.66. The third kappa shape index (κ3) is 3.32. The highest BCUT2D eigenvalue weighted by molar-refractivity contribution is 6.00. The van der Waals surface area contributed by atoms with Crippen molar-refractivity contribution in [2.24, 2.45) is 0 Å². The van der Waals surface area contributed by atoms with Crippen LogP contribution in [-0.2, 0) is 0 Å². The summed E-state index contributed by atoms with van der Waals surface area (Å²) in [6.07, 6.45) is 4.13. The van der Waals surface area contributed by atoms with Gasteiger partial charge in [-0.05, 0) is 75.2 Å². The summed E-state index contributed by atoms with van der Waals surface area (Å²) in [7, 11) is 0. The number of nitrogens with zero attached hydrogens (tertiary/aromatic N) is 3. The standard InChI is InChI=1S/C21H24N4O2/c1-14-12-17-18(13-15(14)2)23-19-16(6-5-10-25(19)21(17)27)20(26)22-7-11-24-8-3-4-9-24/h5-6,10,12-13H,3-4,7-9,11H2,1-2H3,(H,22,26). The van der Waals surface area contributed by atoms with Crippen molar-refractivity contribution in [1.82, 2.24) is 19.6 Å². The lowest BCUT2D eigenvalue weighted by atomic mass is 10.1. The molecule has 0 spiro atoms. The molecule has 0 aliphatic carbocycles. The summed E-state index contributed by atoms with van der Waals surface area (Å²) < 4.78 is 1.46. The summed E-state index contributed by atoms with van der Waals surface area (Å²) in [4.78, 5) is 32.6. The molecule has 3 aromatic rings. The second-order valence-electron chi connectivity index (χ2n) is 7.29. The maximum Gasteiger partial charge on any atom is 0.265 e. The number of hydrogen-bond acceptors (Lipinski definition) is 4. The smallest absolute Gasteiger partial charge is 0.265 e. The van der Waals surface area contributed by atoms with E-state index < -0.39 is 0 Å². The van der Waals surface area contributed by atoms with Gasteiger partial charge in [0.05, 0.1) is 16.5 Å². The van der Waals surface area contributed by atoms with E-state index in [2.05, 4.69) is 15.2 Å². The van der Waals surface area contributed by atoms with Crippen LogP contribution in [0.3, 0.4) is 0 Å². The molecule has 0 radical (unpaired) electrons. The molecule has 0 unspecified atom stereocenters. The SMILES string of the molecule is Cc1cc2nc3c(C(=O)NCCN4CCCC4)cccn3c(=O)c2cc1C.